The summed E-state index contributed by atoms with van der Waals surface area (Å²) in [7, 11) is 0. The second-order valence-electron chi connectivity index (χ2n) is 2.49. The van der Waals surface area contributed by atoms with E-state index in [1.165, 1.54) is 0 Å². The lowest BCUT2D eigenvalue weighted by Gasteiger charge is -1.94. The van der Waals surface area contributed by atoms with Gasteiger partial charge < -0.3 is 0 Å². The van der Waals surface area contributed by atoms with Crippen molar-refractivity contribution in [2.45, 2.75) is 0 Å². The van der Waals surface area contributed by atoms with Gasteiger partial charge in [0.2, 0.25) is 0 Å². The predicted octanol–water partition coefficient (Wildman–Crippen LogP) is 2.80. The first-order valence-electron chi connectivity index (χ1n) is 3.45. The Balaban J connectivity index is 2.92. The summed E-state index contributed by atoms with van der Waals surface area (Å²) in [5, 5.41) is 16.4. The van der Waals surface area contributed by atoms with Gasteiger partial charge in [0.05, 0.1) is 10.9 Å². The van der Waals surface area contributed by atoms with Crippen molar-refractivity contribution in [3.8, 4) is 6.07 Å². The topological polar surface area (TPSA) is 52.5 Å². The largest absolute Gasteiger partial charge is 0.276 e. The number of benzene rings is 1. The minimum Gasteiger partial charge on any atom is -0.276 e. The first-order valence-corrected chi connectivity index (χ1v) is 5.33. The summed E-state index contributed by atoms with van der Waals surface area (Å²) < 4.78 is 2.00. The number of halogens is 2. The van der Waals surface area contributed by atoms with E-state index in [-0.39, 0.29) is 0 Å². The minimum absolute atomic E-state index is 0.451. The average Bonchev–Trinajstić information content (AvgIpc) is 2.47. The molecule has 1 aromatic carbocycles. The molecule has 1 aromatic heterocycles. The molecule has 5 heteroatoms. The Morgan fingerprint density at radius 1 is 1.54 bits per heavy atom. The van der Waals surface area contributed by atoms with Gasteiger partial charge in [-0.25, -0.2) is 0 Å². The molecule has 0 bridgehead atoms. The van der Waals surface area contributed by atoms with E-state index in [0.717, 1.165) is 18.9 Å². The van der Waals surface area contributed by atoms with E-state index in [0.29, 0.717) is 5.69 Å². The second-order valence-corrected chi connectivity index (χ2v) is 4.57. The molecular weight excluding hydrogens is 345 g/mol. The lowest BCUT2D eigenvalue weighted by molar-refractivity contribution is 1.10. The molecule has 0 fully saturated rings. The molecule has 0 aliphatic heterocycles. The van der Waals surface area contributed by atoms with Gasteiger partial charge in [-0.2, -0.15) is 10.4 Å². The normalized spacial score (nSPS) is 10.2. The number of nitrogens with zero attached hydrogens (tertiary/aromatic N) is 2. The zero-order valence-electron chi connectivity index (χ0n) is 6.31. The number of nitrogens with one attached hydrogen (secondary N) is 1. The summed E-state index contributed by atoms with van der Waals surface area (Å²) >= 11 is 5.57. The molecule has 1 N–H and O–H groups in total. The van der Waals surface area contributed by atoms with Crippen LogP contribution in [0.5, 0.6) is 0 Å². The highest BCUT2D eigenvalue weighted by atomic mass is 127. The van der Waals surface area contributed by atoms with Gasteiger partial charge in [0.15, 0.2) is 5.69 Å². The highest BCUT2D eigenvalue weighted by molar-refractivity contribution is 14.1. The molecule has 13 heavy (non-hydrogen) atoms. The number of aromatic amines is 1. The van der Waals surface area contributed by atoms with Crippen molar-refractivity contribution in [1.29, 1.82) is 5.26 Å². The zero-order chi connectivity index (χ0) is 9.42. The molecule has 0 saturated heterocycles. The maximum atomic E-state index is 8.77. The molecule has 2 rings (SSSR count). The summed E-state index contributed by atoms with van der Waals surface area (Å²) in [5.74, 6) is 0. The molecule has 3 nitrogen and oxygen atoms in total. The Kier molecular flexibility index (Phi) is 2.26. The number of hydrogen-bond donors (Lipinski definition) is 1. The van der Waals surface area contributed by atoms with Crippen LogP contribution in [0.2, 0.25) is 0 Å². The Hall–Kier alpha value is -0.610. The zero-order valence-corrected chi connectivity index (χ0v) is 10.0. The summed E-state index contributed by atoms with van der Waals surface area (Å²) in [6, 6.07) is 5.91. The van der Waals surface area contributed by atoms with Crippen LogP contribution in [0.25, 0.3) is 10.9 Å². The Morgan fingerprint density at radius 2 is 2.31 bits per heavy atom. The fourth-order valence-electron chi connectivity index (χ4n) is 1.16. The first-order chi connectivity index (χ1) is 6.22. The lowest BCUT2D eigenvalue weighted by Crippen LogP contribution is -1.78. The van der Waals surface area contributed by atoms with Crippen LogP contribution in [0.1, 0.15) is 5.69 Å². The molecule has 0 atom stereocenters. The van der Waals surface area contributed by atoms with Crippen molar-refractivity contribution in [1.82, 2.24) is 10.2 Å². The molecule has 0 unspecified atom stereocenters. The van der Waals surface area contributed by atoms with Gasteiger partial charge in [0.25, 0.3) is 0 Å². The molecule has 1 heterocycles. The SMILES string of the molecule is N#Cc1n[nH]c2cc(Br)cc(I)c12. The standard InChI is InChI=1S/C8H3BrIN3/c9-4-1-5(10)8-6(2-4)12-13-7(8)3-11/h1-2H,(H,12,13). The van der Waals surface area contributed by atoms with Gasteiger partial charge in [-0.05, 0) is 34.7 Å². The number of nitriles is 1. The predicted molar refractivity (Wildman–Crippen MR) is 61.2 cm³/mol. The maximum absolute atomic E-state index is 8.77. The Labute approximate surface area is 96.4 Å². The molecule has 0 amide bonds. The van der Waals surface area contributed by atoms with Gasteiger partial charge in [-0.15, -0.1) is 0 Å². The summed E-state index contributed by atoms with van der Waals surface area (Å²) in [6.07, 6.45) is 0. The Morgan fingerprint density at radius 3 is 3.00 bits per heavy atom. The van der Waals surface area contributed by atoms with Crippen molar-refractivity contribution < 1.29 is 0 Å². The number of hydrogen-bond acceptors (Lipinski definition) is 2. The number of aromatic nitrogens is 2. The van der Waals surface area contributed by atoms with Crippen LogP contribution >= 0.6 is 38.5 Å². The number of H-pyrrole nitrogens is 1. The van der Waals surface area contributed by atoms with Crippen LogP contribution in [-0.4, -0.2) is 10.2 Å². The van der Waals surface area contributed by atoms with Crippen LogP contribution in [0.4, 0.5) is 0 Å². The highest BCUT2D eigenvalue weighted by Gasteiger charge is 2.08. The molecule has 0 aliphatic rings. The fourth-order valence-corrected chi connectivity index (χ4v) is 2.92. The summed E-state index contributed by atoms with van der Waals surface area (Å²) in [5.41, 5.74) is 1.34. The van der Waals surface area contributed by atoms with Gasteiger partial charge in [-0.1, -0.05) is 15.9 Å². The van der Waals surface area contributed by atoms with Crippen LogP contribution in [0, 0.1) is 14.9 Å². The van der Waals surface area contributed by atoms with Gasteiger partial charge in [-0.3, -0.25) is 5.10 Å². The third-order valence-electron chi connectivity index (χ3n) is 1.69. The second kappa shape index (κ2) is 3.27. The van der Waals surface area contributed by atoms with Gasteiger partial charge in [0, 0.05) is 8.04 Å². The van der Waals surface area contributed by atoms with Crippen molar-refractivity contribution in [3.05, 3.63) is 25.9 Å². The molecule has 0 spiro atoms. The monoisotopic (exact) mass is 347 g/mol. The quantitative estimate of drug-likeness (QED) is 0.745. The van der Waals surface area contributed by atoms with E-state index in [9.17, 15) is 0 Å². The Bertz CT molecular complexity index is 512. The van der Waals surface area contributed by atoms with E-state index >= 15 is 0 Å². The molecule has 2 aromatic rings. The molecule has 64 valence electrons. The minimum atomic E-state index is 0.451. The van der Waals surface area contributed by atoms with Crippen LogP contribution in [0.3, 0.4) is 0 Å². The van der Waals surface area contributed by atoms with Crippen LogP contribution < -0.4 is 0 Å². The van der Waals surface area contributed by atoms with Crippen molar-refractivity contribution in [2.75, 3.05) is 0 Å². The summed E-state index contributed by atoms with van der Waals surface area (Å²) in [4.78, 5) is 0. The average molecular weight is 348 g/mol. The summed E-state index contributed by atoms with van der Waals surface area (Å²) in [6.45, 7) is 0. The third-order valence-corrected chi connectivity index (χ3v) is 2.99. The van der Waals surface area contributed by atoms with Gasteiger partial charge in [0.1, 0.15) is 6.07 Å². The number of fused-ring (bicyclic) bond motifs is 1. The molecule has 0 radical (unpaired) electrons. The lowest BCUT2D eigenvalue weighted by atomic mass is 10.2. The van der Waals surface area contributed by atoms with Crippen molar-refractivity contribution in [3.63, 3.8) is 0 Å². The van der Waals surface area contributed by atoms with Crippen LogP contribution in [0.15, 0.2) is 16.6 Å². The molecule has 0 aliphatic carbocycles. The first kappa shape index (κ1) is 8.97. The highest BCUT2D eigenvalue weighted by Crippen LogP contribution is 2.26. The third kappa shape index (κ3) is 1.44. The molecular formula is C8H3BrIN3. The van der Waals surface area contributed by atoms with E-state index < -0.39 is 0 Å². The number of rotatable bonds is 0. The maximum Gasteiger partial charge on any atom is 0.171 e. The van der Waals surface area contributed by atoms with Crippen molar-refractivity contribution >= 4 is 49.4 Å². The van der Waals surface area contributed by atoms with Crippen LogP contribution in [-0.2, 0) is 0 Å². The molecule has 0 saturated carbocycles. The van der Waals surface area contributed by atoms with Crippen molar-refractivity contribution in [2.24, 2.45) is 0 Å². The van der Waals surface area contributed by atoms with E-state index in [1.54, 1.807) is 0 Å². The van der Waals surface area contributed by atoms with Gasteiger partial charge >= 0.3 is 0 Å². The van der Waals surface area contributed by atoms with E-state index in [4.69, 9.17) is 5.26 Å². The smallest absolute Gasteiger partial charge is 0.171 e. The van der Waals surface area contributed by atoms with E-state index in [2.05, 4.69) is 48.7 Å². The fraction of sp³-hybridized carbons (Fsp3) is 0. The van der Waals surface area contributed by atoms with E-state index in [1.807, 2.05) is 18.2 Å².